The van der Waals surface area contributed by atoms with E-state index in [1.54, 1.807) is 0 Å². The molecule has 1 nitrogen and oxygen atoms in total. The minimum atomic E-state index is -0.486. The number of hydrogen-bond acceptors (Lipinski definition) is 1. The second kappa shape index (κ2) is 3.65. The zero-order valence-corrected chi connectivity index (χ0v) is 8.13. The molecule has 0 aromatic heterocycles. The van der Waals surface area contributed by atoms with Crippen molar-refractivity contribution in [3.05, 3.63) is 35.4 Å². The van der Waals surface area contributed by atoms with Gasteiger partial charge in [0.2, 0.25) is 0 Å². The van der Waals surface area contributed by atoms with Crippen LogP contribution >= 0.6 is 0 Å². The zero-order chi connectivity index (χ0) is 10.1. The van der Waals surface area contributed by atoms with E-state index in [4.69, 9.17) is 0 Å². The van der Waals surface area contributed by atoms with E-state index < -0.39 is 11.6 Å². The molecule has 2 rings (SSSR count). The highest BCUT2D eigenvalue weighted by Crippen LogP contribution is 2.30. The molecule has 1 aromatic carbocycles. The fourth-order valence-electron chi connectivity index (χ4n) is 2.10. The normalized spacial score (nSPS) is 22.9. The van der Waals surface area contributed by atoms with Crippen molar-refractivity contribution in [1.82, 2.24) is 4.90 Å². The maximum Gasteiger partial charge on any atom is 0.126 e. The molecule has 0 aliphatic carbocycles. The van der Waals surface area contributed by atoms with Gasteiger partial charge in [0.15, 0.2) is 0 Å². The Bertz CT molecular complexity index is 318. The molecular weight excluding hydrogens is 184 g/mol. The van der Waals surface area contributed by atoms with Crippen LogP contribution in [0.1, 0.15) is 24.4 Å². The molecule has 0 spiro atoms. The van der Waals surface area contributed by atoms with Gasteiger partial charge in [0.1, 0.15) is 11.6 Å². The van der Waals surface area contributed by atoms with Crippen LogP contribution in [0, 0.1) is 11.6 Å². The summed E-state index contributed by atoms with van der Waals surface area (Å²) < 4.78 is 25.9. The minimum Gasteiger partial charge on any atom is -0.299 e. The topological polar surface area (TPSA) is 3.24 Å². The molecule has 1 saturated heterocycles. The summed E-state index contributed by atoms with van der Waals surface area (Å²) in [6, 6.07) is 3.95. The number of nitrogens with zero attached hydrogens (tertiary/aromatic N) is 1. The molecular formula is C11H13F2N. The first-order valence-electron chi connectivity index (χ1n) is 4.83. The van der Waals surface area contributed by atoms with Crippen molar-refractivity contribution in [2.24, 2.45) is 0 Å². The first-order chi connectivity index (χ1) is 6.66. The summed E-state index contributed by atoms with van der Waals surface area (Å²) in [4.78, 5) is 2.13. The smallest absolute Gasteiger partial charge is 0.126 e. The van der Waals surface area contributed by atoms with Gasteiger partial charge in [-0.1, -0.05) is 0 Å². The van der Waals surface area contributed by atoms with Crippen LogP contribution in [0.25, 0.3) is 0 Å². The standard InChI is InChI=1S/C11H13F2N/c1-14-4-2-3-11(14)8-5-9(12)7-10(13)6-8/h5-7,11H,2-4H2,1H3/t11-/m1/s1. The monoisotopic (exact) mass is 197 g/mol. The van der Waals surface area contributed by atoms with Crippen molar-refractivity contribution in [1.29, 1.82) is 0 Å². The molecule has 1 heterocycles. The molecule has 1 aromatic rings. The molecule has 1 aliphatic heterocycles. The van der Waals surface area contributed by atoms with Gasteiger partial charge < -0.3 is 0 Å². The summed E-state index contributed by atoms with van der Waals surface area (Å²) in [6.07, 6.45) is 2.08. The second-order valence-corrected chi connectivity index (χ2v) is 3.84. The average molecular weight is 197 g/mol. The van der Waals surface area contributed by atoms with Crippen LogP contribution in [0.3, 0.4) is 0 Å². The molecule has 76 valence electrons. The number of likely N-dealkylation sites (tertiary alicyclic amines) is 1. The molecule has 0 amide bonds. The van der Waals surface area contributed by atoms with Gasteiger partial charge >= 0.3 is 0 Å². The van der Waals surface area contributed by atoms with Gasteiger partial charge in [-0.3, -0.25) is 4.90 Å². The summed E-state index contributed by atoms with van der Waals surface area (Å²) in [5.41, 5.74) is 0.752. The fourth-order valence-corrected chi connectivity index (χ4v) is 2.10. The van der Waals surface area contributed by atoms with E-state index in [1.165, 1.54) is 12.1 Å². The van der Waals surface area contributed by atoms with Crippen molar-refractivity contribution in [3.63, 3.8) is 0 Å². The zero-order valence-electron chi connectivity index (χ0n) is 8.13. The lowest BCUT2D eigenvalue weighted by Gasteiger charge is -2.19. The lowest BCUT2D eigenvalue weighted by Crippen LogP contribution is -2.17. The van der Waals surface area contributed by atoms with Crippen LogP contribution < -0.4 is 0 Å². The van der Waals surface area contributed by atoms with Crippen LogP contribution in [0.4, 0.5) is 8.78 Å². The van der Waals surface area contributed by atoms with Crippen molar-refractivity contribution >= 4 is 0 Å². The number of hydrogen-bond donors (Lipinski definition) is 0. The SMILES string of the molecule is CN1CCC[C@@H]1c1cc(F)cc(F)c1. The van der Waals surface area contributed by atoms with Gasteiger partial charge in [-0.2, -0.15) is 0 Å². The molecule has 1 atom stereocenters. The van der Waals surface area contributed by atoms with Crippen molar-refractivity contribution in [2.75, 3.05) is 13.6 Å². The third kappa shape index (κ3) is 1.77. The van der Waals surface area contributed by atoms with Crippen LogP contribution in [-0.4, -0.2) is 18.5 Å². The summed E-state index contributed by atoms with van der Waals surface area (Å²) >= 11 is 0. The predicted molar refractivity (Wildman–Crippen MR) is 51.0 cm³/mol. The van der Waals surface area contributed by atoms with Gasteiger partial charge in [0, 0.05) is 12.1 Å². The van der Waals surface area contributed by atoms with E-state index in [1.807, 2.05) is 7.05 Å². The van der Waals surface area contributed by atoms with E-state index in [9.17, 15) is 8.78 Å². The Balaban J connectivity index is 2.31. The third-order valence-corrected chi connectivity index (χ3v) is 2.79. The van der Waals surface area contributed by atoms with E-state index in [-0.39, 0.29) is 6.04 Å². The van der Waals surface area contributed by atoms with E-state index in [2.05, 4.69) is 4.90 Å². The maximum atomic E-state index is 12.9. The Morgan fingerprint density at radius 2 is 1.86 bits per heavy atom. The number of halogens is 2. The molecule has 0 bridgehead atoms. The average Bonchev–Trinajstić information content (AvgIpc) is 2.49. The number of rotatable bonds is 1. The summed E-state index contributed by atoms with van der Waals surface area (Å²) in [7, 11) is 1.99. The Labute approximate surface area is 82.3 Å². The van der Waals surface area contributed by atoms with Gasteiger partial charge in [-0.25, -0.2) is 8.78 Å². The van der Waals surface area contributed by atoms with Gasteiger partial charge in [-0.15, -0.1) is 0 Å². The van der Waals surface area contributed by atoms with Gasteiger partial charge in [-0.05, 0) is 44.1 Å². The summed E-state index contributed by atoms with van der Waals surface area (Å²) in [6.45, 7) is 1.00. The van der Waals surface area contributed by atoms with Crippen LogP contribution in [0.5, 0.6) is 0 Å². The van der Waals surface area contributed by atoms with Gasteiger partial charge in [0.05, 0.1) is 0 Å². The Hall–Kier alpha value is -0.960. The van der Waals surface area contributed by atoms with Crippen molar-refractivity contribution in [2.45, 2.75) is 18.9 Å². The Morgan fingerprint density at radius 1 is 1.21 bits per heavy atom. The van der Waals surface area contributed by atoms with Crippen molar-refractivity contribution < 1.29 is 8.78 Å². The molecule has 0 unspecified atom stereocenters. The molecule has 3 heteroatoms. The molecule has 1 aliphatic rings. The van der Waals surface area contributed by atoms with Gasteiger partial charge in [0.25, 0.3) is 0 Å². The number of benzene rings is 1. The van der Waals surface area contributed by atoms with Crippen LogP contribution in [0.15, 0.2) is 18.2 Å². The highest BCUT2D eigenvalue weighted by molar-refractivity contribution is 5.22. The van der Waals surface area contributed by atoms with Crippen molar-refractivity contribution in [3.8, 4) is 0 Å². The van der Waals surface area contributed by atoms with E-state index in [0.717, 1.165) is 31.0 Å². The molecule has 14 heavy (non-hydrogen) atoms. The quantitative estimate of drug-likeness (QED) is 0.669. The highest BCUT2D eigenvalue weighted by atomic mass is 19.1. The third-order valence-electron chi connectivity index (χ3n) is 2.79. The minimum absolute atomic E-state index is 0.181. The largest absolute Gasteiger partial charge is 0.299 e. The summed E-state index contributed by atoms with van der Waals surface area (Å²) in [5, 5.41) is 0. The fraction of sp³-hybridized carbons (Fsp3) is 0.455. The predicted octanol–water partition coefficient (Wildman–Crippen LogP) is 2.73. The Morgan fingerprint density at radius 3 is 2.36 bits per heavy atom. The lowest BCUT2D eigenvalue weighted by molar-refractivity contribution is 0.316. The second-order valence-electron chi connectivity index (χ2n) is 3.84. The van der Waals surface area contributed by atoms with E-state index >= 15 is 0 Å². The highest BCUT2D eigenvalue weighted by Gasteiger charge is 2.23. The molecule has 0 saturated carbocycles. The van der Waals surface area contributed by atoms with E-state index in [0.29, 0.717) is 0 Å². The maximum absolute atomic E-state index is 12.9. The summed E-state index contributed by atoms with van der Waals surface area (Å²) in [5.74, 6) is -0.972. The molecule has 0 radical (unpaired) electrons. The lowest BCUT2D eigenvalue weighted by atomic mass is 10.0. The molecule has 1 fully saturated rings. The first kappa shape index (κ1) is 9.59. The molecule has 0 N–H and O–H groups in total. The van der Waals surface area contributed by atoms with Crippen LogP contribution in [0.2, 0.25) is 0 Å². The first-order valence-corrected chi connectivity index (χ1v) is 4.83. The Kier molecular flexibility index (Phi) is 2.50. The van der Waals surface area contributed by atoms with Crippen LogP contribution in [-0.2, 0) is 0 Å².